The van der Waals surface area contributed by atoms with Crippen molar-refractivity contribution >= 4 is 24.2 Å². The standard InChI is InChI=1S/C9H4ClF3O2/c10-8-2-5(3-14)7(9(11,12)13)1-6(8)4-15/h1-4H. The number of hydrogen-bond donors (Lipinski definition) is 0. The molecule has 0 amide bonds. The van der Waals surface area contributed by atoms with E-state index < -0.39 is 17.3 Å². The minimum Gasteiger partial charge on any atom is -0.298 e. The molecule has 0 atom stereocenters. The quantitative estimate of drug-likeness (QED) is 0.740. The molecule has 0 bridgehead atoms. The maximum atomic E-state index is 12.4. The van der Waals surface area contributed by atoms with E-state index in [1.165, 1.54) is 0 Å². The lowest BCUT2D eigenvalue weighted by atomic mass is 10.0. The first-order valence-electron chi connectivity index (χ1n) is 3.71. The van der Waals surface area contributed by atoms with Crippen molar-refractivity contribution in [1.29, 1.82) is 0 Å². The lowest BCUT2D eigenvalue weighted by molar-refractivity contribution is -0.137. The number of hydrogen-bond acceptors (Lipinski definition) is 2. The molecule has 80 valence electrons. The Morgan fingerprint density at radius 3 is 2.00 bits per heavy atom. The van der Waals surface area contributed by atoms with Gasteiger partial charge in [0.2, 0.25) is 0 Å². The molecular weight excluding hydrogens is 233 g/mol. The fourth-order valence-corrected chi connectivity index (χ4v) is 1.26. The summed E-state index contributed by atoms with van der Waals surface area (Å²) in [4.78, 5) is 20.7. The molecule has 0 radical (unpaired) electrons. The van der Waals surface area contributed by atoms with Crippen LogP contribution in [-0.2, 0) is 6.18 Å². The third-order valence-corrected chi connectivity index (χ3v) is 2.06. The molecule has 0 aromatic heterocycles. The molecule has 0 N–H and O–H groups in total. The summed E-state index contributed by atoms with van der Waals surface area (Å²) in [6.45, 7) is 0. The second kappa shape index (κ2) is 4.02. The van der Waals surface area contributed by atoms with Crippen LogP contribution in [0.25, 0.3) is 0 Å². The highest BCUT2D eigenvalue weighted by Gasteiger charge is 2.34. The molecule has 1 aromatic carbocycles. The van der Waals surface area contributed by atoms with E-state index >= 15 is 0 Å². The number of carbonyl (C=O) groups is 2. The van der Waals surface area contributed by atoms with Gasteiger partial charge in [-0.3, -0.25) is 9.59 Å². The predicted octanol–water partition coefficient (Wildman–Crippen LogP) is 2.98. The first-order chi connectivity index (χ1) is 6.90. The van der Waals surface area contributed by atoms with Crippen LogP contribution in [0.2, 0.25) is 5.02 Å². The van der Waals surface area contributed by atoms with Gasteiger partial charge in [-0.1, -0.05) is 11.6 Å². The second-order valence-corrected chi connectivity index (χ2v) is 3.10. The molecule has 0 aliphatic carbocycles. The average molecular weight is 237 g/mol. The SMILES string of the molecule is O=Cc1cc(C(F)(F)F)c(C=O)cc1Cl. The number of rotatable bonds is 2. The fraction of sp³-hybridized carbons (Fsp3) is 0.111. The van der Waals surface area contributed by atoms with Gasteiger partial charge in [0.15, 0.2) is 12.6 Å². The van der Waals surface area contributed by atoms with Crippen LogP contribution < -0.4 is 0 Å². The van der Waals surface area contributed by atoms with E-state index in [9.17, 15) is 22.8 Å². The zero-order valence-corrected chi connectivity index (χ0v) is 7.89. The van der Waals surface area contributed by atoms with Gasteiger partial charge < -0.3 is 0 Å². The van der Waals surface area contributed by atoms with Crippen molar-refractivity contribution in [2.75, 3.05) is 0 Å². The topological polar surface area (TPSA) is 34.1 Å². The maximum Gasteiger partial charge on any atom is 0.417 e. The lowest BCUT2D eigenvalue weighted by Gasteiger charge is -2.10. The van der Waals surface area contributed by atoms with Crippen molar-refractivity contribution in [3.8, 4) is 0 Å². The number of alkyl halides is 3. The molecule has 0 spiro atoms. The Kier molecular flexibility index (Phi) is 3.14. The molecule has 0 fully saturated rings. The summed E-state index contributed by atoms with van der Waals surface area (Å²) in [5, 5.41) is -0.180. The zero-order chi connectivity index (χ0) is 11.6. The monoisotopic (exact) mass is 236 g/mol. The largest absolute Gasteiger partial charge is 0.417 e. The van der Waals surface area contributed by atoms with Crippen molar-refractivity contribution in [1.82, 2.24) is 0 Å². The molecule has 0 aliphatic heterocycles. The summed E-state index contributed by atoms with van der Waals surface area (Å²) in [5.41, 5.74) is -2.04. The normalized spacial score (nSPS) is 11.2. The molecule has 0 unspecified atom stereocenters. The number of benzene rings is 1. The van der Waals surface area contributed by atoms with Crippen LogP contribution in [0.5, 0.6) is 0 Å². The van der Waals surface area contributed by atoms with Crippen LogP contribution >= 0.6 is 11.6 Å². The third-order valence-electron chi connectivity index (χ3n) is 1.73. The highest BCUT2D eigenvalue weighted by atomic mass is 35.5. The van der Waals surface area contributed by atoms with Gasteiger partial charge in [0, 0.05) is 11.1 Å². The minimum absolute atomic E-state index is 0.0449. The highest BCUT2D eigenvalue weighted by Crippen LogP contribution is 2.33. The molecular formula is C9H4ClF3O2. The van der Waals surface area contributed by atoms with Gasteiger partial charge in [0.25, 0.3) is 0 Å². The van der Waals surface area contributed by atoms with Crippen LogP contribution in [0.3, 0.4) is 0 Å². The van der Waals surface area contributed by atoms with Gasteiger partial charge >= 0.3 is 6.18 Å². The lowest BCUT2D eigenvalue weighted by Crippen LogP contribution is -2.10. The van der Waals surface area contributed by atoms with Crippen LogP contribution in [0.1, 0.15) is 26.3 Å². The summed E-state index contributed by atoms with van der Waals surface area (Å²) in [5.74, 6) is 0. The zero-order valence-electron chi connectivity index (χ0n) is 7.14. The Hall–Kier alpha value is -1.36. The van der Waals surface area contributed by atoms with Crippen LogP contribution in [0.15, 0.2) is 12.1 Å². The maximum absolute atomic E-state index is 12.4. The van der Waals surface area contributed by atoms with Gasteiger partial charge in [0.05, 0.1) is 10.6 Å². The Bertz CT molecular complexity index is 413. The smallest absolute Gasteiger partial charge is 0.298 e. The summed E-state index contributed by atoms with van der Waals surface area (Å²) < 4.78 is 37.1. The summed E-state index contributed by atoms with van der Waals surface area (Å²) in [7, 11) is 0. The first-order valence-corrected chi connectivity index (χ1v) is 4.09. The minimum atomic E-state index is -4.68. The number of carbonyl (C=O) groups excluding carboxylic acids is 2. The Morgan fingerprint density at radius 1 is 1.07 bits per heavy atom. The van der Waals surface area contributed by atoms with Gasteiger partial charge in [0.1, 0.15) is 0 Å². The Morgan fingerprint density at radius 2 is 1.60 bits per heavy atom. The van der Waals surface area contributed by atoms with E-state index in [1.807, 2.05) is 0 Å². The van der Waals surface area contributed by atoms with Crippen molar-refractivity contribution in [2.24, 2.45) is 0 Å². The van der Waals surface area contributed by atoms with Gasteiger partial charge in [-0.05, 0) is 12.1 Å². The van der Waals surface area contributed by atoms with Gasteiger partial charge in [-0.2, -0.15) is 13.2 Å². The summed E-state index contributed by atoms with van der Waals surface area (Å²) >= 11 is 5.47. The molecule has 0 aliphatic rings. The molecule has 2 nitrogen and oxygen atoms in total. The Balaban J connectivity index is 3.49. The van der Waals surface area contributed by atoms with Gasteiger partial charge in [-0.15, -0.1) is 0 Å². The predicted molar refractivity (Wildman–Crippen MR) is 47.2 cm³/mol. The highest BCUT2D eigenvalue weighted by molar-refractivity contribution is 6.33. The van der Waals surface area contributed by atoms with E-state index in [0.717, 1.165) is 6.07 Å². The molecule has 0 saturated carbocycles. The van der Waals surface area contributed by atoms with Crippen molar-refractivity contribution in [3.63, 3.8) is 0 Å². The summed E-state index contributed by atoms with van der Waals surface area (Å²) in [6, 6.07) is 1.38. The molecule has 6 heteroatoms. The molecule has 0 saturated heterocycles. The van der Waals surface area contributed by atoms with E-state index in [4.69, 9.17) is 11.6 Å². The average Bonchev–Trinajstić information content (AvgIpc) is 2.15. The Labute approximate surface area is 87.6 Å². The van der Waals surface area contributed by atoms with Crippen molar-refractivity contribution < 1.29 is 22.8 Å². The van der Waals surface area contributed by atoms with Crippen LogP contribution in [-0.4, -0.2) is 12.6 Å². The van der Waals surface area contributed by atoms with Crippen LogP contribution in [0.4, 0.5) is 13.2 Å². The van der Waals surface area contributed by atoms with Crippen molar-refractivity contribution in [3.05, 3.63) is 33.8 Å². The summed E-state index contributed by atoms with van der Waals surface area (Å²) in [6.07, 6.45) is -4.44. The molecule has 15 heavy (non-hydrogen) atoms. The third kappa shape index (κ3) is 2.36. The molecule has 1 aromatic rings. The van der Waals surface area contributed by atoms with E-state index in [1.54, 1.807) is 0 Å². The fourth-order valence-electron chi connectivity index (χ4n) is 1.04. The number of aldehydes is 2. The van der Waals surface area contributed by atoms with Crippen LogP contribution in [0, 0.1) is 0 Å². The van der Waals surface area contributed by atoms with Gasteiger partial charge in [-0.25, -0.2) is 0 Å². The number of halogens is 4. The molecule has 0 heterocycles. The van der Waals surface area contributed by atoms with E-state index in [0.29, 0.717) is 6.07 Å². The van der Waals surface area contributed by atoms with E-state index in [-0.39, 0.29) is 23.2 Å². The second-order valence-electron chi connectivity index (χ2n) is 2.69. The van der Waals surface area contributed by atoms with E-state index in [2.05, 4.69) is 0 Å². The first kappa shape index (κ1) is 11.7. The molecule has 1 rings (SSSR count). The van der Waals surface area contributed by atoms with Crippen molar-refractivity contribution in [2.45, 2.75) is 6.18 Å².